The number of nitrogens with zero attached hydrogens (tertiary/aromatic N) is 3. The molecule has 1 amide bonds. The molecule has 8 nitrogen and oxygen atoms in total. The van der Waals surface area contributed by atoms with Crippen LogP contribution in [0.4, 0.5) is 16.2 Å². The molecule has 1 heterocycles. The molecule has 110 valence electrons. The number of benzene rings is 1. The highest BCUT2D eigenvalue weighted by Gasteiger charge is 2.29. The van der Waals surface area contributed by atoms with Crippen molar-refractivity contribution in [2.24, 2.45) is 16.0 Å². The summed E-state index contributed by atoms with van der Waals surface area (Å²) in [5.41, 5.74) is 3.79. The van der Waals surface area contributed by atoms with Crippen LogP contribution in [0, 0.1) is 16.0 Å². The molecule has 0 spiro atoms. The second-order valence-electron chi connectivity index (χ2n) is 4.49. The van der Waals surface area contributed by atoms with Gasteiger partial charge in [-0.3, -0.25) is 15.5 Å². The topological polar surface area (TPSA) is 106 Å². The van der Waals surface area contributed by atoms with Gasteiger partial charge in [-0.25, -0.2) is 4.79 Å². The number of rotatable bonds is 3. The summed E-state index contributed by atoms with van der Waals surface area (Å²) in [6.07, 6.45) is 6.38. The second-order valence-corrected chi connectivity index (χ2v) is 4.49. The van der Waals surface area contributed by atoms with Crippen LogP contribution in [-0.4, -0.2) is 22.6 Å². The van der Waals surface area contributed by atoms with E-state index in [1.54, 1.807) is 12.2 Å². The number of non-ortho nitro benzene ring substituents is 1. The molecule has 1 unspecified atom stereocenters. The van der Waals surface area contributed by atoms with E-state index in [4.69, 9.17) is 4.74 Å². The summed E-state index contributed by atoms with van der Waals surface area (Å²) in [5.74, 6) is -0.151. The van der Waals surface area contributed by atoms with Crippen molar-refractivity contribution in [3.05, 3.63) is 58.7 Å². The Hall–Kier alpha value is -3.29. The normalized spacial score (nSPS) is 21.1. The lowest BCUT2D eigenvalue weighted by Crippen LogP contribution is -2.32. The van der Waals surface area contributed by atoms with Crippen LogP contribution >= 0.6 is 0 Å². The van der Waals surface area contributed by atoms with E-state index in [-0.39, 0.29) is 17.5 Å². The average Bonchev–Trinajstić information content (AvgIpc) is 2.52. The lowest BCUT2D eigenvalue weighted by Gasteiger charge is -2.20. The Bertz CT molecular complexity index is 747. The molecular formula is C14H10N4O4. The van der Waals surface area contributed by atoms with Gasteiger partial charge in [-0.05, 0) is 18.2 Å². The second kappa shape index (κ2) is 5.60. The Labute approximate surface area is 124 Å². The zero-order valence-corrected chi connectivity index (χ0v) is 11.2. The third kappa shape index (κ3) is 2.75. The number of cyclic esters (lactones) is 1. The summed E-state index contributed by atoms with van der Waals surface area (Å²) < 4.78 is 5.01. The number of allylic oxidation sites excluding steroid dienone is 3. The van der Waals surface area contributed by atoms with Gasteiger partial charge < -0.3 is 4.74 Å². The van der Waals surface area contributed by atoms with E-state index in [0.717, 1.165) is 0 Å². The van der Waals surface area contributed by atoms with Crippen molar-refractivity contribution in [1.29, 1.82) is 0 Å². The molecular weight excluding hydrogens is 288 g/mol. The number of carbonyl (C=O) groups excluding carboxylic acids is 1. The molecule has 0 fully saturated rings. The minimum atomic E-state index is -0.726. The van der Waals surface area contributed by atoms with Gasteiger partial charge in [-0.1, -0.05) is 18.2 Å². The molecule has 1 aliphatic carbocycles. The molecule has 1 N–H and O–H groups in total. The molecule has 0 saturated heterocycles. The van der Waals surface area contributed by atoms with Crippen LogP contribution in [0.1, 0.15) is 0 Å². The third-order valence-electron chi connectivity index (χ3n) is 3.05. The van der Waals surface area contributed by atoms with Crippen LogP contribution < -0.4 is 5.43 Å². The number of aliphatic imine (C=N–C) groups is 1. The van der Waals surface area contributed by atoms with Crippen molar-refractivity contribution in [1.82, 2.24) is 0 Å². The van der Waals surface area contributed by atoms with Crippen molar-refractivity contribution in [2.45, 2.75) is 0 Å². The zero-order valence-electron chi connectivity index (χ0n) is 11.2. The van der Waals surface area contributed by atoms with Gasteiger partial charge in [0, 0.05) is 12.1 Å². The molecule has 1 atom stereocenters. The third-order valence-corrected chi connectivity index (χ3v) is 3.05. The predicted octanol–water partition coefficient (Wildman–Crippen LogP) is 2.65. The molecule has 0 bridgehead atoms. The number of hydrogen-bond donors (Lipinski definition) is 1. The number of amides is 1. The van der Waals surface area contributed by atoms with Gasteiger partial charge in [-0.15, -0.1) is 5.10 Å². The summed E-state index contributed by atoms with van der Waals surface area (Å²) in [7, 11) is 0. The highest BCUT2D eigenvalue weighted by molar-refractivity contribution is 6.19. The van der Waals surface area contributed by atoms with Crippen LogP contribution in [-0.2, 0) is 4.74 Å². The van der Waals surface area contributed by atoms with Crippen LogP contribution in [0.25, 0.3) is 0 Å². The van der Waals surface area contributed by atoms with Crippen LogP contribution in [0.15, 0.2) is 58.7 Å². The van der Waals surface area contributed by atoms with Gasteiger partial charge in [0.05, 0.1) is 22.2 Å². The van der Waals surface area contributed by atoms with E-state index in [9.17, 15) is 14.9 Å². The first-order valence-electron chi connectivity index (χ1n) is 6.37. The molecule has 22 heavy (non-hydrogen) atoms. The number of anilines is 1. The Morgan fingerprint density at radius 2 is 2.05 bits per heavy atom. The summed E-state index contributed by atoms with van der Waals surface area (Å²) >= 11 is 0. The molecule has 0 saturated carbocycles. The van der Waals surface area contributed by atoms with Crippen LogP contribution in [0.2, 0.25) is 0 Å². The fourth-order valence-electron chi connectivity index (χ4n) is 2.00. The number of ether oxygens (including phenoxy) is 1. The molecule has 1 aromatic rings. The Morgan fingerprint density at radius 1 is 1.27 bits per heavy atom. The number of hydrazone groups is 1. The lowest BCUT2D eigenvalue weighted by atomic mass is 9.97. The summed E-state index contributed by atoms with van der Waals surface area (Å²) in [6, 6.07) is 5.73. The van der Waals surface area contributed by atoms with Crippen LogP contribution in [0.3, 0.4) is 0 Å². The van der Waals surface area contributed by atoms with Crippen molar-refractivity contribution in [3.8, 4) is 0 Å². The summed E-state index contributed by atoms with van der Waals surface area (Å²) in [5, 5.41) is 14.6. The lowest BCUT2D eigenvalue weighted by molar-refractivity contribution is -0.384. The number of fused-ring (bicyclic) bond motifs is 1. The maximum absolute atomic E-state index is 11.4. The first kappa shape index (κ1) is 13.7. The molecule has 3 rings (SSSR count). The maximum Gasteiger partial charge on any atom is 0.440 e. The Kier molecular flexibility index (Phi) is 3.48. The predicted molar refractivity (Wildman–Crippen MR) is 79.8 cm³/mol. The fraction of sp³-hybridized carbons (Fsp3) is 0.0714. The molecule has 1 aliphatic heterocycles. The fourth-order valence-corrected chi connectivity index (χ4v) is 2.00. The van der Waals surface area contributed by atoms with E-state index in [1.165, 1.54) is 24.3 Å². The molecule has 8 heteroatoms. The van der Waals surface area contributed by atoms with E-state index in [2.05, 4.69) is 15.5 Å². The molecule has 1 aromatic carbocycles. The number of hydrogen-bond acceptors (Lipinski definition) is 6. The van der Waals surface area contributed by atoms with Crippen molar-refractivity contribution < 1.29 is 14.5 Å². The minimum absolute atomic E-state index is 0.0166. The highest BCUT2D eigenvalue weighted by Crippen LogP contribution is 2.19. The van der Waals surface area contributed by atoms with E-state index < -0.39 is 11.0 Å². The van der Waals surface area contributed by atoms with E-state index in [1.807, 2.05) is 12.2 Å². The summed E-state index contributed by atoms with van der Waals surface area (Å²) in [6.45, 7) is 0. The molecule has 0 radical (unpaired) electrons. The Balaban J connectivity index is 1.78. The largest absolute Gasteiger partial charge is 0.440 e. The standard InChI is InChI=1S/C14H10N4O4/c19-14-15-12-4-2-1-3-11(12)13(22-14)17-16-9-5-7-10(8-6-9)18(20)21/h1-8,11,16H/b17-13-. The average molecular weight is 298 g/mol. The minimum Gasteiger partial charge on any atom is -0.391 e. The van der Waals surface area contributed by atoms with Gasteiger partial charge in [0.1, 0.15) is 0 Å². The van der Waals surface area contributed by atoms with Crippen molar-refractivity contribution in [3.63, 3.8) is 0 Å². The number of nitro benzene ring substituents is 1. The van der Waals surface area contributed by atoms with Crippen molar-refractivity contribution >= 4 is 29.1 Å². The van der Waals surface area contributed by atoms with Gasteiger partial charge in [0.2, 0.25) is 5.90 Å². The number of nitro groups is 1. The van der Waals surface area contributed by atoms with Gasteiger partial charge in [0.15, 0.2) is 0 Å². The molecule has 2 aliphatic rings. The molecule has 0 aromatic heterocycles. The quantitative estimate of drug-likeness (QED) is 0.682. The zero-order chi connectivity index (χ0) is 15.5. The monoisotopic (exact) mass is 298 g/mol. The highest BCUT2D eigenvalue weighted by atomic mass is 16.6. The van der Waals surface area contributed by atoms with Gasteiger partial charge >= 0.3 is 6.09 Å². The Morgan fingerprint density at radius 3 is 2.77 bits per heavy atom. The van der Waals surface area contributed by atoms with Crippen LogP contribution in [0.5, 0.6) is 0 Å². The first-order chi connectivity index (χ1) is 10.6. The van der Waals surface area contributed by atoms with E-state index in [0.29, 0.717) is 11.4 Å². The maximum atomic E-state index is 11.4. The number of carbonyl (C=O) groups is 1. The van der Waals surface area contributed by atoms with E-state index >= 15 is 0 Å². The van der Waals surface area contributed by atoms with Gasteiger partial charge in [-0.2, -0.15) is 4.99 Å². The number of nitrogens with one attached hydrogen (secondary N) is 1. The van der Waals surface area contributed by atoms with Crippen molar-refractivity contribution in [2.75, 3.05) is 5.43 Å². The van der Waals surface area contributed by atoms with Gasteiger partial charge in [0.25, 0.3) is 5.69 Å². The SMILES string of the molecule is O=C1N=C2C=CC=CC2/C(=N/Nc2ccc([N+](=O)[O-])cc2)O1. The smallest absolute Gasteiger partial charge is 0.391 e. The first-order valence-corrected chi connectivity index (χ1v) is 6.37. The summed E-state index contributed by atoms with van der Waals surface area (Å²) in [4.78, 5) is 25.3.